The molecule has 3 aliphatic rings. The average Bonchev–Trinajstić information content (AvgIpc) is 3.01. The number of imide groups is 1. The molecule has 2 heterocycles. The van der Waals surface area contributed by atoms with Gasteiger partial charge < -0.3 is 15.0 Å². The third-order valence-electron chi connectivity index (χ3n) is 6.33. The minimum absolute atomic E-state index is 0.0152. The first kappa shape index (κ1) is 19.9. The minimum atomic E-state index is -0.765. The zero-order chi connectivity index (χ0) is 20.4. The van der Waals surface area contributed by atoms with Crippen molar-refractivity contribution < 1.29 is 19.1 Å². The van der Waals surface area contributed by atoms with Crippen molar-refractivity contribution in [1.82, 2.24) is 15.1 Å². The van der Waals surface area contributed by atoms with E-state index in [0.29, 0.717) is 13.2 Å². The Kier molecular flexibility index (Phi) is 5.85. The van der Waals surface area contributed by atoms with Crippen LogP contribution < -0.4 is 5.32 Å². The summed E-state index contributed by atoms with van der Waals surface area (Å²) in [6, 6.07) is 6.99. The Hall–Kier alpha value is -2.41. The maximum Gasteiger partial charge on any atom is 0.325 e. The fraction of sp³-hybridized carbons (Fsp3) is 0.591. The Morgan fingerprint density at radius 3 is 2.76 bits per heavy atom. The van der Waals surface area contributed by atoms with Gasteiger partial charge >= 0.3 is 6.03 Å². The van der Waals surface area contributed by atoms with Gasteiger partial charge in [-0.2, -0.15) is 0 Å². The monoisotopic (exact) mass is 399 g/mol. The molecule has 29 heavy (non-hydrogen) atoms. The molecule has 0 bridgehead atoms. The van der Waals surface area contributed by atoms with Gasteiger partial charge in [0, 0.05) is 13.1 Å². The van der Waals surface area contributed by atoms with Crippen LogP contribution in [0.4, 0.5) is 4.79 Å². The van der Waals surface area contributed by atoms with Crippen LogP contribution in [0.3, 0.4) is 0 Å². The van der Waals surface area contributed by atoms with Gasteiger partial charge in [-0.1, -0.05) is 43.5 Å². The minimum Gasteiger partial charge on any atom is -0.371 e. The van der Waals surface area contributed by atoms with E-state index in [-0.39, 0.29) is 36.4 Å². The molecule has 4 amide bonds. The van der Waals surface area contributed by atoms with Crippen molar-refractivity contribution in [1.29, 1.82) is 0 Å². The molecule has 2 aliphatic heterocycles. The van der Waals surface area contributed by atoms with E-state index in [4.69, 9.17) is 4.74 Å². The van der Waals surface area contributed by atoms with Crippen LogP contribution in [0.1, 0.15) is 55.8 Å². The van der Waals surface area contributed by atoms with Crippen LogP contribution in [0.5, 0.6) is 0 Å². The maximum absolute atomic E-state index is 12.8. The van der Waals surface area contributed by atoms with E-state index in [1.54, 1.807) is 11.9 Å². The number of carbonyl (C=O) groups is 3. The van der Waals surface area contributed by atoms with E-state index < -0.39 is 6.04 Å². The number of hydrogen-bond acceptors (Lipinski definition) is 4. The molecule has 0 aromatic heterocycles. The summed E-state index contributed by atoms with van der Waals surface area (Å²) in [6.45, 7) is 1.06. The molecule has 2 fully saturated rings. The highest BCUT2D eigenvalue weighted by molar-refractivity contribution is 6.06. The topological polar surface area (TPSA) is 79.0 Å². The SMILES string of the molecule is CN(CC1OCCc2ccccc21)C(=O)CC1NC(=O)N(C2CCCCC2)C1=O. The van der Waals surface area contributed by atoms with E-state index >= 15 is 0 Å². The van der Waals surface area contributed by atoms with Crippen LogP contribution in [0.25, 0.3) is 0 Å². The molecule has 7 nitrogen and oxygen atoms in total. The number of amides is 4. The van der Waals surface area contributed by atoms with Crippen LogP contribution in [0.15, 0.2) is 24.3 Å². The number of ether oxygens (including phenoxy) is 1. The number of rotatable bonds is 5. The second kappa shape index (κ2) is 8.53. The Bertz CT molecular complexity index is 790. The Labute approximate surface area is 171 Å². The lowest BCUT2D eigenvalue weighted by atomic mass is 9.94. The number of nitrogens with zero attached hydrogens (tertiary/aromatic N) is 2. The molecule has 156 valence electrons. The zero-order valence-corrected chi connectivity index (χ0v) is 16.9. The van der Waals surface area contributed by atoms with Crippen molar-refractivity contribution in [2.45, 2.75) is 63.1 Å². The molecule has 1 saturated carbocycles. The normalized spacial score (nSPS) is 24.9. The fourth-order valence-corrected chi connectivity index (χ4v) is 4.68. The van der Waals surface area contributed by atoms with E-state index in [9.17, 15) is 14.4 Å². The molecule has 2 unspecified atom stereocenters. The first-order valence-corrected chi connectivity index (χ1v) is 10.6. The van der Waals surface area contributed by atoms with Gasteiger partial charge in [-0.15, -0.1) is 0 Å². The molecule has 2 atom stereocenters. The second-order valence-corrected chi connectivity index (χ2v) is 8.29. The number of hydrogen-bond donors (Lipinski definition) is 1. The number of likely N-dealkylation sites (N-methyl/N-ethyl adjacent to an activating group) is 1. The van der Waals surface area contributed by atoms with Crippen LogP contribution >= 0.6 is 0 Å². The van der Waals surface area contributed by atoms with Crippen LogP contribution in [-0.2, 0) is 20.7 Å². The van der Waals surface area contributed by atoms with Gasteiger partial charge in [0.15, 0.2) is 0 Å². The van der Waals surface area contributed by atoms with Gasteiger partial charge in [0.25, 0.3) is 5.91 Å². The maximum atomic E-state index is 12.8. The molecular formula is C22H29N3O4. The summed E-state index contributed by atoms with van der Waals surface area (Å²) < 4.78 is 5.89. The fourth-order valence-electron chi connectivity index (χ4n) is 4.68. The number of urea groups is 1. The first-order valence-electron chi connectivity index (χ1n) is 10.6. The average molecular weight is 399 g/mol. The lowest BCUT2D eigenvalue weighted by Crippen LogP contribution is -2.42. The molecule has 0 radical (unpaired) electrons. The van der Waals surface area contributed by atoms with Crippen LogP contribution in [0, 0.1) is 0 Å². The quantitative estimate of drug-likeness (QED) is 0.771. The van der Waals surface area contributed by atoms with E-state index in [1.807, 2.05) is 18.2 Å². The smallest absolute Gasteiger partial charge is 0.325 e. The molecule has 4 rings (SSSR count). The summed E-state index contributed by atoms with van der Waals surface area (Å²) in [5.74, 6) is -0.427. The van der Waals surface area contributed by atoms with Gasteiger partial charge in [0.1, 0.15) is 12.1 Å². The Balaban J connectivity index is 1.36. The van der Waals surface area contributed by atoms with Gasteiger partial charge in [0.2, 0.25) is 5.91 Å². The number of benzene rings is 1. The lowest BCUT2D eigenvalue weighted by Gasteiger charge is -2.30. The molecule has 0 spiro atoms. The number of carbonyl (C=O) groups excluding carboxylic acids is 3. The van der Waals surface area contributed by atoms with Crippen molar-refractivity contribution in [2.75, 3.05) is 20.2 Å². The lowest BCUT2D eigenvalue weighted by molar-refractivity contribution is -0.137. The third kappa shape index (κ3) is 4.15. The molecule has 1 aliphatic carbocycles. The van der Waals surface area contributed by atoms with Gasteiger partial charge in [-0.05, 0) is 30.4 Å². The molecule has 7 heteroatoms. The standard InChI is InChI=1S/C22H29N3O4/c1-24(14-19-17-10-6-5-7-15(17)11-12-29-19)20(26)13-18-21(27)25(22(28)23-18)16-8-3-2-4-9-16/h5-7,10,16,18-19H,2-4,8-9,11-14H2,1H3,(H,23,28). The second-order valence-electron chi connectivity index (χ2n) is 8.29. The van der Waals surface area contributed by atoms with Crippen molar-refractivity contribution >= 4 is 17.8 Å². The predicted octanol–water partition coefficient (Wildman–Crippen LogP) is 2.40. The molecular weight excluding hydrogens is 370 g/mol. The highest BCUT2D eigenvalue weighted by Crippen LogP contribution is 2.28. The Morgan fingerprint density at radius 1 is 1.21 bits per heavy atom. The third-order valence-corrected chi connectivity index (χ3v) is 6.33. The van der Waals surface area contributed by atoms with Crippen LogP contribution in [0.2, 0.25) is 0 Å². The molecule has 1 aromatic carbocycles. The van der Waals surface area contributed by atoms with E-state index in [0.717, 1.165) is 44.1 Å². The van der Waals surface area contributed by atoms with E-state index in [2.05, 4.69) is 11.4 Å². The van der Waals surface area contributed by atoms with Crippen molar-refractivity contribution in [3.05, 3.63) is 35.4 Å². The van der Waals surface area contributed by atoms with Crippen molar-refractivity contribution in [2.24, 2.45) is 0 Å². The highest BCUT2D eigenvalue weighted by Gasteiger charge is 2.43. The van der Waals surface area contributed by atoms with Crippen molar-refractivity contribution in [3.8, 4) is 0 Å². The Morgan fingerprint density at radius 2 is 1.97 bits per heavy atom. The largest absolute Gasteiger partial charge is 0.371 e. The number of nitrogens with one attached hydrogen (secondary N) is 1. The predicted molar refractivity (Wildman–Crippen MR) is 107 cm³/mol. The van der Waals surface area contributed by atoms with Gasteiger partial charge in [-0.3, -0.25) is 14.5 Å². The number of fused-ring (bicyclic) bond motifs is 1. The molecule has 1 saturated heterocycles. The molecule has 1 aromatic rings. The van der Waals surface area contributed by atoms with Gasteiger partial charge in [0.05, 0.1) is 19.6 Å². The summed E-state index contributed by atoms with van der Waals surface area (Å²) in [5.41, 5.74) is 2.37. The van der Waals surface area contributed by atoms with E-state index in [1.165, 1.54) is 10.5 Å². The molecule has 1 N–H and O–H groups in total. The summed E-state index contributed by atoms with van der Waals surface area (Å²) >= 11 is 0. The first-order chi connectivity index (χ1) is 14.0. The summed E-state index contributed by atoms with van der Waals surface area (Å²) in [6.07, 6.45) is 5.65. The summed E-state index contributed by atoms with van der Waals surface area (Å²) in [7, 11) is 1.73. The highest BCUT2D eigenvalue weighted by atomic mass is 16.5. The van der Waals surface area contributed by atoms with Crippen molar-refractivity contribution in [3.63, 3.8) is 0 Å². The van der Waals surface area contributed by atoms with Gasteiger partial charge in [-0.25, -0.2) is 4.79 Å². The van der Waals surface area contributed by atoms with Crippen LogP contribution in [-0.4, -0.2) is 59.9 Å². The zero-order valence-electron chi connectivity index (χ0n) is 16.9. The summed E-state index contributed by atoms with van der Waals surface area (Å²) in [4.78, 5) is 40.9. The summed E-state index contributed by atoms with van der Waals surface area (Å²) in [5, 5.41) is 2.71.